The highest BCUT2D eigenvalue weighted by molar-refractivity contribution is 6.46. The van der Waals surface area contributed by atoms with Crippen molar-refractivity contribution in [1.82, 2.24) is 0 Å². The molecule has 1 aliphatic heterocycles. The molecule has 10 heavy (non-hydrogen) atoms. The molecule has 0 spiro atoms. The minimum Gasteiger partial charge on any atom is -0.408 e. The highest BCUT2D eigenvalue weighted by Crippen LogP contribution is 2.19. The normalized spacial score (nSPS) is 26.4. The Hall–Kier alpha value is -0.0151. The number of rotatable bonds is 2. The van der Waals surface area contributed by atoms with Crippen LogP contribution in [0.2, 0.25) is 5.82 Å². The second-order valence-electron chi connectivity index (χ2n) is 3.11. The van der Waals surface area contributed by atoms with Crippen molar-refractivity contribution in [3.8, 4) is 0 Å². The number of hydrogen-bond acceptors (Lipinski definition) is 2. The van der Waals surface area contributed by atoms with Crippen LogP contribution in [0.1, 0.15) is 27.2 Å². The number of hydrogen-bond donors (Lipinski definition) is 0. The Morgan fingerprint density at radius 2 is 2.30 bits per heavy atom. The lowest BCUT2D eigenvalue weighted by atomic mass is 9.75. The first kappa shape index (κ1) is 8.09. The van der Waals surface area contributed by atoms with Gasteiger partial charge in [-0.15, -0.1) is 0 Å². The Morgan fingerprint density at radius 3 is 2.60 bits per heavy atom. The quantitative estimate of drug-likeness (QED) is 0.546. The van der Waals surface area contributed by atoms with E-state index in [0.29, 0.717) is 11.9 Å². The Bertz CT molecular complexity index is 106. The minimum absolute atomic E-state index is 0.0462. The Balaban J connectivity index is 2.28. The molecular weight excluding hydrogens is 127 g/mol. The van der Waals surface area contributed by atoms with E-state index in [1.807, 2.05) is 0 Å². The average molecular weight is 142 g/mol. The van der Waals surface area contributed by atoms with E-state index in [1.54, 1.807) is 0 Å². The predicted molar refractivity (Wildman–Crippen MR) is 42.0 cm³/mol. The van der Waals surface area contributed by atoms with Crippen molar-refractivity contribution in [1.29, 1.82) is 0 Å². The first-order valence-corrected chi connectivity index (χ1v) is 4.01. The van der Waals surface area contributed by atoms with E-state index in [2.05, 4.69) is 20.8 Å². The van der Waals surface area contributed by atoms with Gasteiger partial charge in [-0.25, -0.2) is 0 Å². The third-order valence-corrected chi connectivity index (χ3v) is 1.77. The van der Waals surface area contributed by atoms with Crippen molar-refractivity contribution in [2.75, 3.05) is 6.61 Å². The highest BCUT2D eigenvalue weighted by Gasteiger charge is 2.32. The minimum atomic E-state index is 0.0462. The fourth-order valence-corrected chi connectivity index (χ4v) is 1.03. The molecular formula is C7H15BO2. The fourth-order valence-electron chi connectivity index (χ4n) is 1.03. The van der Waals surface area contributed by atoms with Gasteiger partial charge in [-0.2, -0.15) is 0 Å². The Morgan fingerprint density at radius 1 is 1.60 bits per heavy atom. The lowest BCUT2D eigenvalue weighted by Gasteiger charge is -2.08. The molecule has 0 amide bonds. The molecule has 0 radical (unpaired) electrons. The Labute approximate surface area is 63.0 Å². The molecule has 0 N–H and O–H groups in total. The van der Waals surface area contributed by atoms with Crippen LogP contribution in [0.15, 0.2) is 0 Å². The first-order valence-electron chi connectivity index (χ1n) is 4.01. The molecule has 58 valence electrons. The second kappa shape index (κ2) is 3.40. The topological polar surface area (TPSA) is 18.5 Å². The third kappa shape index (κ3) is 1.73. The van der Waals surface area contributed by atoms with Crippen LogP contribution in [0, 0.1) is 0 Å². The van der Waals surface area contributed by atoms with Crippen LogP contribution in [-0.2, 0) is 9.31 Å². The van der Waals surface area contributed by atoms with Crippen LogP contribution in [0.5, 0.6) is 0 Å². The van der Waals surface area contributed by atoms with Crippen molar-refractivity contribution in [2.45, 2.75) is 39.1 Å². The van der Waals surface area contributed by atoms with Gasteiger partial charge in [0.25, 0.3) is 0 Å². The van der Waals surface area contributed by atoms with Crippen molar-refractivity contribution in [3.05, 3.63) is 0 Å². The summed E-state index contributed by atoms with van der Waals surface area (Å²) in [4.78, 5) is 0. The van der Waals surface area contributed by atoms with Crippen LogP contribution >= 0.6 is 0 Å². The monoisotopic (exact) mass is 142 g/mol. The molecule has 0 aromatic rings. The van der Waals surface area contributed by atoms with Gasteiger partial charge in [0.05, 0.1) is 12.7 Å². The van der Waals surface area contributed by atoms with Gasteiger partial charge in [0.15, 0.2) is 0 Å². The van der Waals surface area contributed by atoms with Crippen molar-refractivity contribution < 1.29 is 9.31 Å². The maximum absolute atomic E-state index is 5.55. The molecule has 0 aromatic carbocycles. The zero-order valence-electron chi connectivity index (χ0n) is 6.96. The largest absolute Gasteiger partial charge is 0.459 e. The van der Waals surface area contributed by atoms with Crippen LogP contribution in [0.25, 0.3) is 0 Å². The van der Waals surface area contributed by atoms with Gasteiger partial charge in [0, 0.05) is 0 Å². The van der Waals surface area contributed by atoms with Crippen LogP contribution in [0.3, 0.4) is 0 Å². The maximum Gasteiger partial charge on any atom is 0.459 e. The van der Waals surface area contributed by atoms with E-state index in [1.165, 1.54) is 0 Å². The standard InChI is InChI=1S/C7H15BO2/c1-4-7-5-9-8(10-7)6(2)3/h6-7H,4-5H2,1-3H3. The molecule has 1 heterocycles. The zero-order chi connectivity index (χ0) is 7.56. The molecule has 0 aromatic heterocycles. The highest BCUT2D eigenvalue weighted by atomic mass is 16.6. The predicted octanol–water partition coefficient (Wildman–Crippen LogP) is 1.71. The van der Waals surface area contributed by atoms with E-state index < -0.39 is 0 Å². The van der Waals surface area contributed by atoms with E-state index in [4.69, 9.17) is 9.31 Å². The van der Waals surface area contributed by atoms with Crippen molar-refractivity contribution in [2.24, 2.45) is 0 Å². The van der Waals surface area contributed by atoms with Gasteiger partial charge < -0.3 is 9.31 Å². The van der Waals surface area contributed by atoms with Crippen molar-refractivity contribution >= 4 is 7.12 Å². The summed E-state index contributed by atoms with van der Waals surface area (Å²) in [5, 5.41) is 0. The molecule has 1 atom stereocenters. The lowest BCUT2D eigenvalue weighted by molar-refractivity contribution is 0.227. The van der Waals surface area contributed by atoms with Crippen LogP contribution < -0.4 is 0 Å². The molecule has 0 aliphatic carbocycles. The lowest BCUT2D eigenvalue weighted by Crippen LogP contribution is -2.19. The van der Waals surface area contributed by atoms with Gasteiger partial charge in [-0.1, -0.05) is 20.8 Å². The fraction of sp³-hybridized carbons (Fsp3) is 1.00. The summed E-state index contributed by atoms with van der Waals surface area (Å²) in [5.74, 6) is 0.483. The summed E-state index contributed by atoms with van der Waals surface area (Å²) >= 11 is 0. The molecule has 3 heteroatoms. The Kier molecular flexibility index (Phi) is 2.75. The summed E-state index contributed by atoms with van der Waals surface area (Å²) in [7, 11) is 0.0462. The third-order valence-electron chi connectivity index (χ3n) is 1.77. The SMILES string of the molecule is CCC1COB(C(C)C)O1. The van der Waals surface area contributed by atoms with Gasteiger partial charge in [-0.3, -0.25) is 0 Å². The molecule has 2 nitrogen and oxygen atoms in total. The molecule has 0 saturated carbocycles. The summed E-state index contributed by atoms with van der Waals surface area (Å²) in [6.07, 6.45) is 1.40. The molecule has 1 saturated heterocycles. The molecule has 1 fully saturated rings. The zero-order valence-corrected chi connectivity index (χ0v) is 6.96. The van der Waals surface area contributed by atoms with Gasteiger partial charge in [0.2, 0.25) is 0 Å². The summed E-state index contributed by atoms with van der Waals surface area (Å²) in [6, 6.07) is 0. The van der Waals surface area contributed by atoms with E-state index in [9.17, 15) is 0 Å². The second-order valence-corrected chi connectivity index (χ2v) is 3.11. The van der Waals surface area contributed by atoms with Gasteiger partial charge in [-0.05, 0) is 12.2 Å². The first-order chi connectivity index (χ1) is 4.74. The molecule has 1 rings (SSSR count). The van der Waals surface area contributed by atoms with Crippen LogP contribution in [-0.4, -0.2) is 19.8 Å². The smallest absolute Gasteiger partial charge is 0.408 e. The molecule has 1 unspecified atom stereocenters. The van der Waals surface area contributed by atoms with E-state index in [0.717, 1.165) is 13.0 Å². The van der Waals surface area contributed by atoms with E-state index in [-0.39, 0.29) is 7.12 Å². The summed E-state index contributed by atoms with van der Waals surface area (Å²) in [5.41, 5.74) is 0. The van der Waals surface area contributed by atoms with Gasteiger partial charge >= 0.3 is 7.12 Å². The van der Waals surface area contributed by atoms with E-state index >= 15 is 0 Å². The maximum atomic E-state index is 5.55. The average Bonchev–Trinajstić information content (AvgIpc) is 2.34. The summed E-state index contributed by atoms with van der Waals surface area (Å²) in [6.45, 7) is 7.13. The molecule has 1 aliphatic rings. The summed E-state index contributed by atoms with van der Waals surface area (Å²) < 4.78 is 10.9. The van der Waals surface area contributed by atoms with Crippen LogP contribution in [0.4, 0.5) is 0 Å². The molecule has 0 bridgehead atoms. The van der Waals surface area contributed by atoms with Crippen molar-refractivity contribution in [3.63, 3.8) is 0 Å². The van der Waals surface area contributed by atoms with Gasteiger partial charge in [0.1, 0.15) is 0 Å².